The van der Waals surface area contributed by atoms with Crippen LogP contribution in [0.15, 0.2) is 0 Å². The summed E-state index contributed by atoms with van der Waals surface area (Å²) in [7, 11) is 0. The lowest BCUT2D eigenvalue weighted by Gasteiger charge is -2.40. The number of halogens is 2. The molecule has 5 nitrogen and oxygen atoms in total. The molecule has 0 aliphatic heterocycles. The van der Waals surface area contributed by atoms with Gasteiger partial charge in [0.05, 0.1) is 5.60 Å². The Morgan fingerprint density at radius 3 is 2.42 bits per heavy atom. The van der Waals surface area contributed by atoms with Crippen LogP contribution in [0.1, 0.15) is 39.5 Å². The van der Waals surface area contributed by atoms with Crippen LogP contribution in [-0.4, -0.2) is 32.4 Å². The Balaban J connectivity index is 1.97. The number of nitrogens with zero attached hydrogens (tertiary/aromatic N) is 3. The molecule has 1 fully saturated rings. The van der Waals surface area contributed by atoms with Gasteiger partial charge in [0.25, 0.3) is 0 Å². The molecule has 1 aliphatic carbocycles. The fourth-order valence-electron chi connectivity index (χ4n) is 2.22. The van der Waals surface area contributed by atoms with Crippen molar-refractivity contribution in [3.8, 4) is 0 Å². The molecule has 106 valence electrons. The van der Waals surface area contributed by atoms with E-state index < -0.39 is 5.60 Å². The molecule has 0 radical (unpaired) electrons. The van der Waals surface area contributed by atoms with Crippen molar-refractivity contribution >= 4 is 29.0 Å². The van der Waals surface area contributed by atoms with Gasteiger partial charge in [-0.1, -0.05) is 25.4 Å². The van der Waals surface area contributed by atoms with Crippen LogP contribution in [0.5, 0.6) is 0 Å². The van der Waals surface area contributed by atoms with Crippen molar-refractivity contribution in [2.24, 2.45) is 5.41 Å². The summed E-state index contributed by atoms with van der Waals surface area (Å²) in [4.78, 5) is 3.95. The first-order chi connectivity index (χ1) is 8.80. The van der Waals surface area contributed by atoms with E-state index in [1.54, 1.807) is 0 Å². The molecule has 0 amide bonds. The second-order valence-corrected chi connectivity index (χ2v) is 6.66. The van der Waals surface area contributed by atoms with Gasteiger partial charge in [-0.2, -0.15) is 4.98 Å². The Kier molecular flexibility index (Phi) is 4.18. The second-order valence-electron chi connectivity index (χ2n) is 5.96. The van der Waals surface area contributed by atoms with Crippen LogP contribution >= 0.6 is 23.2 Å². The van der Waals surface area contributed by atoms with Gasteiger partial charge in [0, 0.05) is 6.54 Å². The van der Waals surface area contributed by atoms with Crippen molar-refractivity contribution in [1.29, 1.82) is 0 Å². The van der Waals surface area contributed by atoms with E-state index in [-0.39, 0.29) is 10.4 Å². The van der Waals surface area contributed by atoms with Gasteiger partial charge in [-0.15, -0.1) is 10.2 Å². The Bertz CT molecular complexity index is 457. The van der Waals surface area contributed by atoms with E-state index in [9.17, 15) is 5.11 Å². The largest absolute Gasteiger partial charge is 0.388 e. The highest BCUT2D eigenvalue weighted by atomic mass is 35.5. The molecule has 0 spiro atoms. The standard InChI is InChI=1S/C12H18Cl2N4O/c1-11(2)3-5-12(19,6-4-11)7-15-9-8(13)17-18-10(14)16-9/h19H,3-7H2,1-2H3,(H,15,16,18). The highest BCUT2D eigenvalue weighted by molar-refractivity contribution is 6.32. The van der Waals surface area contributed by atoms with Crippen LogP contribution in [0.25, 0.3) is 0 Å². The molecule has 0 bridgehead atoms. The van der Waals surface area contributed by atoms with Crippen molar-refractivity contribution in [2.75, 3.05) is 11.9 Å². The Hall–Kier alpha value is -0.650. The zero-order chi connectivity index (χ0) is 14.1. The zero-order valence-electron chi connectivity index (χ0n) is 11.1. The summed E-state index contributed by atoms with van der Waals surface area (Å²) < 4.78 is 0. The third-order valence-corrected chi connectivity index (χ3v) is 4.15. The molecule has 0 aromatic carbocycles. The van der Waals surface area contributed by atoms with E-state index in [4.69, 9.17) is 23.2 Å². The van der Waals surface area contributed by atoms with Gasteiger partial charge in [-0.05, 0) is 42.7 Å². The third-order valence-electron chi connectivity index (χ3n) is 3.74. The van der Waals surface area contributed by atoms with Crippen molar-refractivity contribution in [3.63, 3.8) is 0 Å². The first-order valence-corrected chi connectivity index (χ1v) is 7.07. The molecule has 0 atom stereocenters. The van der Waals surface area contributed by atoms with E-state index in [0.29, 0.717) is 17.8 Å². The molecule has 0 saturated heterocycles. The number of anilines is 1. The molecule has 1 heterocycles. The fraction of sp³-hybridized carbons (Fsp3) is 0.750. The fourth-order valence-corrected chi connectivity index (χ4v) is 2.49. The lowest BCUT2D eigenvalue weighted by atomic mass is 9.71. The first kappa shape index (κ1) is 14.8. The van der Waals surface area contributed by atoms with Crippen molar-refractivity contribution < 1.29 is 5.11 Å². The van der Waals surface area contributed by atoms with E-state index in [2.05, 4.69) is 34.3 Å². The SMILES string of the molecule is CC1(C)CCC(O)(CNc2nc(Cl)nnc2Cl)CC1. The molecule has 0 unspecified atom stereocenters. The van der Waals surface area contributed by atoms with Crippen LogP contribution in [0.4, 0.5) is 5.82 Å². The number of hydrogen-bond donors (Lipinski definition) is 2. The van der Waals surface area contributed by atoms with Gasteiger partial charge >= 0.3 is 0 Å². The highest BCUT2D eigenvalue weighted by Gasteiger charge is 2.36. The van der Waals surface area contributed by atoms with Gasteiger partial charge in [0.1, 0.15) is 0 Å². The lowest BCUT2D eigenvalue weighted by Crippen LogP contribution is -2.42. The number of aliphatic hydroxyl groups is 1. The van der Waals surface area contributed by atoms with E-state index in [1.807, 2.05) is 0 Å². The van der Waals surface area contributed by atoms with Crippen molar-refractivity contribution in [2.45, 2.75) is 45.1 Å². The molecule has 1 saturated carbocycles. The van der Waals surface area contributed by atoms with Crippen LogP contribution in [0.2, 0.25) is 10.4 Å². The van der Waals surface area contributed by atoms with Gasteiger partial charge in [0.15, 0.2) is 11.0 Å². The minimum atomic E-state index is -0.726. The zero-order valence-corrected chi connectivity index (χ0v) is 12.6. The number of nitrogens with one attached hydrogen (secondary N) is 1. The Morgan fingerprint density at radius 1 is 1.16 bits per heavy atom. The summed E-state index contributed by atoms with van der Waals surface area (Å²) in [5, 5.41) is 20.9. The lowest BCUT2D eigenvalue weighted by molar-refractivity contribution is -0.0145. The number of rotatable bonds is 3. The maximum Gasteiger partial charge on any atom is 0.245 e. The summed E-state index contributed by atoms with van der Waals surface area (Å²) >= 11 is 11.5. The quantitative estimate of drug-likeness (QED) is 0.898. The monoisotopic (exact) mass is 304 g/mol. The smallest absolute Gasteiger partial charge is 0.245 e. The van der Waals surface area contributed by atoms with Gasteiger partial charge < -0.3 is 10.4 Å². The van der Waals surface area contributed by atoms with E-state index in [1.165, 1.54) is 0 Å². The topological polar surface area (TPSA) is 70.9 Å². The minimum absolute atomic E-state index is 0.0312. The summed E-state index contributed by atoms with van der Waals surface area (Å²) in [5.74, 6) is 0.361. The van der Waals surface area contributed by atoms with Gasteiger partial charge in [0.2, 0.25) is 5.28 Å². The summed E-state index contributed by atoms with van der Waals surface area (Å²) in [6.07, 6.45) is 3.52. The average Bonchev–Trinajstić information content (AvgIpc) is 2.35. The predicted octanol–water partition coefficient (Wildman–Crippen LogP) is 2.92. The van der Waals surface area contributed by atoms with E-state index in [0.717, 1.165) is 25.7 Å². The van der Waals surface area contributed by atoms with Crippen LogP contribution < -0.4 is 5.32 Å². The van der Waals surface area contributed by atoms with Crippen LogP contribution in [0.3, 0.4) is 0 Å². The molecule has 1 aromatic rings. The maximum atomic E-state index is 10.5. The molecule has 1 aliphatic rings. The van der Waals surface area contributed by atoms with Crippen LogP contribution in [-0.2, 0) is 0 Å². The number of hydrogen-bond acceptors (Lipinski definition) is 5. The molecule has 7 heteroatoms. The predicted molar refractivity (Wildman–Crippen MR) is 75.5 cm³/mol. The van der Waals surface area contributed by atoms with E-state index >= 15 is 0 Å². The second kappa shape index (κ2) is 5.38. The van der Waals surface area contributed by atoms with Gasteiger partial charge in [-0.3, -0.25) is 0 Å². The van der Waals surface area contributed by atoms with Crippen molar-refractivity contribution in [3.05, 3.63) is 10.4 Å². The normalized spacial score (nSPS) is 21.1. The molecule has 2 N–H and O–H groups in total. The summed E-state index contributed by atoms with van der Waals surface area (Å²) in [6, 6.07) is 0. The third kappa shape index (κ3) is 3.91. The average molecular weight is 305 g/mol. The van der Waals surface area contributed by atoms with Crippen LogP contribution in [0, 0.1) is 5.41 Å². The number of aromatic nitrogens is 3. The highest BCUT2D eigenvalue weighted by Crippen LogP contribution is 2.40. The maximum absolute atomic E-state index is 10.5. The molecular weight excluding hydrogens is 287 g/mol. The van der Waals surface area contributed by atoms with Gasteiger partial charge in [-0.25, -0.2) is 0 Å². The molecule has 1 aromatic heterocycles. The molecule has 2 rings (SSSR count). The molecule has 19 heavy (non-hydrogen) atoms. The Morgan fingerprint density at radius 2 is 1.79 bits per heavy atom. The van der Waals surface area contributed by atoms with Crippen molar-refractivity contribution in [1.82, 2.24) is 15.2 Å². The summed E-state index contributed by atoms with van der Waals surface area (Å²) in [6.45, 7) is 4.84. The summed E-state index contributed by atoms with van der Waals surface area (Å²) in [5.41, 5.74) is -0.417. The minimum Gasteiger partial charge on any atom is -0.388 e. The molecular formula is C12H18Cl2N4O. The first-order valence-electron chi connectivity index (χ1n) is 6.32. The Labute approximate surface area is 122 Å².